The Bertz CT molecular complexity index is 635. The highest BCUT2D eigenvalue weighted by Crippen LogP contribution is 2.36. The molecule has 0 radical (unpaired) electrons. The topological polar surface area (TPSA) is 69.2 Å². The van der Waals surface area contributed by atoms with E-state index in [1.807, 2.05) is 25.1 Å². The second-order valence-electron chi connectivity index (χ2n) is 5.28. The number of benzene rings is 1. The van der Waals surface area contributed by atoms with E-state index in [1.54, 1.807) is 0 Å². The summed E-state index contributed by atoms with van der Waals surface area (Å²) < 4.78 is 0. The van der Waals surface area contributed by atoms with E-state index in [4.69, 9.17) is 0 Å². The van der Waals surface area contributed by atoms with Gasteiger partial charge in [0.15, 0.2) is 0 Å². The zero-order valence-corrected chi connectivity index (χ0v) is 11.1. The molecule has 0 aliphatic carbocycles. The number of nitrogens with zero attached hydrogens (tertiary/aromatic N) is 2. The van der Waals surface area contributed by atoms with Gasteiger partial charge in [-0.25, -0.2) is 9.78 Å². The van der Waals surface area contributed by atoms with Gasteiger partial charge in [0.1, 0.15) is 5.82 Å². The van der Waals surface area contributed by atoms with Crippen molar-refractivity contribution < 1.29 is 9.90 Å². The van der Waals surface area contributed by atoms with Crippen molar-refractivity contribution in [2.24, 2.45) is 5.92 Å². The number of aromatic amines is 1. The van der Waals surface area contributed by atoms with Crippen LogP contribution in [-0.4, -0.2) is 32.6 Å². The Kier molecular flexibility index (Phi) is 2.69. The summed E-state index contributed by atoms with van der Waals surface area (Å²) >= 11 is 0. The van der Waals surface area contributed by atoms with Gasteiger partial charge in [-0.15, -0.1) is 0 Å². The molecular formula is C14H17N3O2. The van der Waals surface area contributed by atoms with Gasteiger partial charge in [0.2, 0.25) is 0 Å². The van der Waals surface area contributed by atoms with Gasteiger partial charge in [0, 0.05) is 6.54 Å². The molecule has 1 aromatic carbocycles. The molecule has 5 nitrogen and oxygen atoms in total. The summed E-state index contributed by atoms with van der Waals surface area (Å²) in [6.45, 7) is 4.67. The largest absolute Gasteiger partial charge is 0.465 e. The van der Waals surface area contributed by atoms with Crippen LogP contribution in [0, 0.1) is 12.8 Å². The van der Waals surface area contributed by atoms with Crippen molar-refractivity contribution in [1.82, 2.24) is 14.9 Å². The van der Waals surface area contributed by atoms with Crippen molar-refractivity contribution >= 4 is 17.1 Å². The predicted molar refractivity (Wildman–Crippen MR) is 72.1 cm³/mol. The van der Waals surface area contributed by atoms with E-state index >= 15 is 0 Å². The summed E-state index contributed by atoms with van der Waals surface area (Å²) in [7, 11) is 0. The average molecular weight is 259 g/mol. The summed E-state index contributed by atoms with van der Waals surface area (Å²) in [5, 5.41) is 9.28. The molecule has 2 heterocycles. The molecule has 2 unspecified atom stereocenters. The van der Waals surface area contributed by atoms with E-state index in [1.165, 1.54) is 4.90 Å². The molecule has 5 heteroatoms. The number of para-hydroxylation sites is 1. The molecule has 2 aromatic rings. The fraction of sp³-hybridized carbons (Fsp3) is 0.429. The van der Waals surface area contributed by atoms with Crippen LogP contribution >= 0.6 is 0 Å². The van der Waals surface area contributed by atoms with E-state index in [9.17, 15) is 9.90 Å². The first-order valence-corrected chi connectivity index (χ1v) is 6.52. The number of hydrogen-bond donors (Lipinski definition) is 2. The molecule has 1 aromatic heterocycles. The number of carbonyl (C=O) groups is 1. The van der Waals surface area contributed by atoms with Crippen molar-refractivity contribution in [3.05, 3.63) is 29.6 Å². The first-order chi connectivity index (χ1) is 9.08. The Hall–Kier alpha value is -2.04. The first kappa shape index (κ1) is 12.0. The Balaban J connectivity index is 2.07. The number of aromatic nitrogens is 2. The third-order valence-corrected chi connectivity index (χ3v) is 3.96. The number of likely N-dealkylation sites (tertiary alicyclic amines) is 1. The lowest BCUT2D eigenvalue weighted by Crippen LogP contribution is -2.30. The highest BCUT2D eigenvalue weighted by Gasteiger charge is 2.37. The third-order valence-electron chi connectivity index (χ3n) is 3.96. The minimum absolute atomic E-state index is 0.163. The first-order valence-electron chi connectivity index (χ1n) is 6.52. The molecule has 3 rings (SSSR count). The van der Waals surface area contributed by atoms with Crippen molar-refractivity contribution in [2.45, 2.75) is 26.3 Å². The van der Waals surface area contributed by atoms with Gasteiger partial charge in [-0.05, 0) is 30.9 Å². The van der Waals surface area contributed by atoms with Crippen LogP contribution in [0.3, 0.4) is 0 Å². The van der Waals surface area contributed by atoms with Crippen LogP contribution in [0.1, 0.15) is 30.8 Å². The Morgan fingerprint density at radius 1 is 1.53 bits per heavy atom. The lowest BCUT2D eigenvalue weighted by Gasteiger charge is -2.22. The van der Waals surface area contributed by atoms with E-state index in [-0.39, 0.29) is 12.0 Å². The number of hydrogen-bond acceptors (Lipinski definition) is 2. The number of rotatable bonds is 1. The van der Waals surface area contributed by atoms with Gasteiger partial charge < -0.3 is 10.1 Å². The monoisotopic (exact) mass is 259 g/mol. The Morgan fingerprint density at radius 2 is 2.32 bits per heavy atom. The zero-order chi connectivity index (χ0) is 13.6. The predicted octanol–water partition coefficient (Wildman–Crippen LogP) is 2.93. The van der Waals surface area contributed by atoms with Gasteiger partial charge in [0.25, 0.3) is 0 Å². The number of nitrogens with one attached hydrogen (secondary N) is 1. The molecule has 1 aliphatic heterocycles. The smallest absolute Gasteiger partial charge is 0.407 e. The van der Waals surface area contributed by atoms with Crippen molar-refractivity contribution in [1.29, 1.82) is 0 Å². The van der Waals surface area contributed by atoms with Crippen molar-refractivity contribution in [3.63, 3.8) is 0 Å². The van der Waals surface area contributed by atoms with Crippen LogP contribution in [0.2, 0.25) is 0 Å². The van der Waals surface area contributed by atoms with Crippen LogP contribution < -0.4 is 0 Å². The van der Waals surface area contributed by atoms with Crippen LogP contribution in [0.4, 0.5) is 4.79 Å². The molecule has 1 saturated heterocycles. The zero-order valence-electron chi connectivity index (χ0n) is 11.1. The van der Waals surface area contributed by atoms with Crippen LogP contribution in [0.25, 0.3) is 11.0 Å². The second kappa shape index (κ2) is 4.26. The van der Waals surface area contributed by atoms with Gasteiger partial charge in [-0.3, -0.25) is 4.90 Å². The molecule has 1 fully saturated rings. The summed E-state index contributed by atoms with van der Waals surface area (Å²) in [4.78, 5) is 20.7. The van der Waals surface area contributed by atoms with Gasteiger partial charge in [-0.2, -0.15) is 0 Å². The SMILES string of the molecule is Cc1cccc2[nH]c(C3C(C)CCN3C(=O)O)nc12. The lowest BCUT2D eigenvalue weighted by atomic mass is 10.0. The molecule has 100 valence electrons. The molecule has 0 bridgehead atoms. The van der Waals surface area contributed by atoms with Crippen molar-refractivity contribution in [3.8, 4) is 0 Å². The van der Waals surface area contributed by atoms with Crippen LogP contribution in [0.15, 0.2) is 18.2 Å². The summed E-state index contributed by atoms with van der Waals surface area (Å²) in [6, 6.07) is 5.81. The van der Waals surface area contributed by atoms with E-state index in [2.05, 4.69) is 16.9 Å². The molecule has 19 heavy (non-hydrogen) atoms. The maximum absolute atomic E-state index is 11.3. The summed E-state index contributed by atoms with van der Waals surface area (Å²) in [5.41, 5.74) is 3.01. The van der Waals surface area contributed by atoms with Crippen molar-refractivity contribution in [2.75, 3.05) is 6.54 Å². The lowest BCUT2D eigenvalue weighted by molar-refractivity contribution is 0.134. The maximum atomic E-state index is 11.3. The fourth-order valence-corrected chi connectivity index (χ4v) is 2.91. The standard InChI is InChI=1S/C14H17N3O2/c1-8-4-3-5-10-11(8)16-13(15-10)12-9(2)6-7-17(12)14(18)19/h3-5,9,12H,6-7H2,1-2H3,(H,15,16)(H,18,19). The summed E-state index contributed by atoms with van der Waals surface area (Å²) in [5.74, 6) is 1.05. The molecule has 2 atom stereocenters. The number of amides is 1. The third kappa shape index (κ3) is 1.85. The van der Waals surface area contributed by atoms with E-state index in [0.717, 1.165) is 28.8 Å². The highest BCUT2D eigenvalue weighted by molar-refractivity contribution is 5.78. The molecule has 0 saturated carbocycles. The number of fused-ring (bicyclic) bond motifs is 1. The van der Waals surface area contributed by atoms with E-state index < -0.39 is 6.09 Å². The molecular weight excluding hydrogens is 242 g/mol. The second-order valence-corrected chi connectivity index (χ2v) is 5.28. The van der Waals surface area contributed by atoms with Crippen LogP contribution in [-0.2, 0) is 0 Å². The van der Waals surface area contributed by atoms with Gasteiger partial charge in [-0.1, -0.05) is 19.1 Å². The maximum Gasteiger partial charge on any atom is 0.407 e. The fourth-order valence-electron chi connectivity index (χ4n) is 2.91. The minimum Gasteiger partial charge on any atom is -0.465 e. The normalized spacial score (nSPS) is 23.2. The van der Waals surface area contributed by atoms with Crippen LogP contribution in [0.5, 0.6) is 0 Å². The van der Waals surface area contributed by atoms with Gasteiger partial charge in [0.05, 0.1) is 17.1 Å². The number of imidazole rings is 1. The average Bonchev–Trinajstić information content (AvgIpc) is 2.92. The Morgan fingerprint density at radius 3 is 3.00 bits per heavy atom. The number of aryl methyl sites for hydroxylation is 1. The number of H-pyrrole nitrogens is 1. The molecule has 1 amide bonds. The summed E-state index contributed by atoms with van der Waals surface area (Å²) in [6.07, 6.45) is 0.0130. The van der Waals surface area contributed by atoms with E-state index in [0.29, 0.717) is 6.54 Å². The van der Waals surface area contributed by atoms with Gasteiger partial charge >= 0.3 is 6.09 Å². The highest BCUT2D eigenvalue weighted by atomic mass is 16.4. The molecule has 2 N–H and O–H groups in total. The minimum atomic E-state index is -0.869. The molecule has 1 aliphatic rings. The molecule has 0 spiro atoms. The quantitative estimate of drug-likeness (QED) is 0.827. The number of carboxylic acid groups (broad SMARTS) is 1. The Labute approximate surface area is 111 Å².